The van der Waals surface area contributed by atoms with Gasteiger partial charge in [0.1, 0.15) is 5.82 Å². The van der Waals surface area contributed by atoms with Crippen molar-refractivity contribution in [3.8, 4) is 5.69 Å². The van der Waals surface area contributed by atoms with E-state index in [0.717, 1.165) is 21.4 Å². The maximum Gasteiger partial charge on any atom is 0.153 e. The van der Waals surface area contributed by atoms with Crippen LogP contribution in [0.4, 0.5) is 10.1 Å². The molecule has 1 aromatic heterocycles. The van der Waals surface area contributed by atoms with Crippen LogP contribution in [0.5, 0.6) is 0 Å². The largest absolute Gasteiger partial charge is 0.381 e. The second-order valence-corrected chi connectivity index (χ2v) is 6.14. The first-order valence-corrected chi connectivity index (χ1v) is 7.87. The van der Waals surface area contributed by atoms with Crippen LogP contribution in [0, 0.1) is 19.7 Å². The Labute approximate surface area is 141 Å². The molecule has 0 amide bonds. The summed E-state index contributed by atoms with van der Waals surface area (Å²) in [5, 5.41) is 14.8. The van der Waals surface area contributed by atoms with Crippen molar-refractivity contribution in [2.24, 2.45) is 0 Å². The molecule has 5 nitrogen and oxygen atoms in total. The predicted molar refractivity (Wildman–Crippen MR) is 90.1 cm³/mol. The molecule has 2 aromatic carbocycles. The van der Waals surface area contributed by atoms with Gasteiger partial charge in [0.2, 0.25) is 0 Å². The quantitative estimate of drug-likeness (QED) is 0.753. The lowest BCUT2D eigenvalue weighted by molar-refractivity contribution is 0.612. The van der Waals surface area contributed by atoms with Gasteiger partial charge in [-0.1, -0.05) is 28.1 Å². The first kappa shape index (κ1) is 15.6. The Bertz CT molecular complexity index is 846. The molecule has 0 aliphatic rings. The summed E-state index contributed by atoms with van der Waals surface area (Å²) in [5.41, 5.74) is 3.44. The van der Waals surface area contributed by atoms with E-state index in [4.69, 9.17) is 0 Å². The van der Waals surface area contributed by atoms with Gasteiger partial charge in [0.15, 0.2) is 5.82 Å². The van der Waals surface area contributed by atoms with E-state index in [2.05, 4.69) is 36.8 Å². The number of nitrogens with zero attached hydrogens (tertiary/aromatic N) is 4. The molecule has 3 aromatic rings. The van der Waals surface area contributed by atoms with Crippen molar-refractivity contribution in [1.29, 1.82) is 0 Å². The van der Waals surface area contributed by atoms with E-state index in [1.54, 1.807) is 10.7 Å². The van der Waals surface area contributed by atoms with Crippen LogP contribution in [0.1, 0.15) is 17.0 Å². The lowest BCUT2D eigenvalue weighted by Crippen LogP contribution is -2.05. The Hall–Kier alpha value is -2.28. The van der Waals surface area contributed by atoms with E-state index in [1.165, 1.54) is 6.07 Å². The van der Waals surface area contributed by atoms with E-state index in [0.29, 0.717) is 17.9 Å². The number of tetrazole rings is 1. The smallest absolute Gasteiger partial charge is 0.153 e. The molecule has 7 heteroatoms. The molecule has 1 N–H and O–H groups in total. The average Bonchev–Trinajstić information content (AvgIpc) is 2.94. The number of halogens is 2. The summed E-state index contributed by atoms with van der Waals surface area (Å²) < 4.78 is 16.3. The molecule has 1 heterocycles. The van der Waals surface area contributed by atoms with Gasteiger partial charge in [-0.05, 0) is 54.1 Å². The van der Waals surface area contributed by atoms with E-state index in [1.807, 2.05) is 38.1 Å². The third-order valence-corrected chi connectivity index (χ3v) is 4.05. The minimum Gasteiger partial charge on any atom is -0.381 e. The molecular weight excluding hydrogens is 361 g/mol. The molecule has 0 fully saturated rings. The first-order chi connectivity index (χ1) is 11.0. The molecule has 0 atom stereocenters. The molecule has 3 rings (SSSR count). The molecule has 0 spiro atoms. The van der Waals surface area contributed by atoms with Gasteiger partial charge in [-0.3, -0.25) is 0 Å². The molecule has 0 aliphatic heterocycles. The van der Waals surface area contributed by atoms with Crippen LogP contribution in [0.3, 0.4) is 0 Å². The fraction of sp³-hybridized carbons (Fsp3) is 0.188. The minimum absolute atomic E-state index is 0.240. The third kappa shape index (κ3) is 3.39. The Kier molecular flexibility index (Phi) is 4.38. The number of benzene rings is 2. The fourth-order valence-corrected chi connectivity index (χ4v) is 2.60. The second kappa shape index (κ2) is 6.45. The minimum atomic E-state index is -0.240. The van der Waals surface area contributed by atoms with Gasteiger partial charge in [-0.25, -0.2) is 4.39 Å². The van der Waals surface area contributed by atoms with Crippen LogP contribution in [0.25, 0.3) is 5.69 Å². The van der Waals surface area contributed by atoms with Crippen molar-refractivity contribution < 1.29 is 4.39 Å². The van der Waals surface area contributed by atoms with E-state index < -0.39 is 0 Å². The Morgan fingerprint density at radius 1 is 1.17 bits per heavy atom. The number of aromatic nitrogens is 4. The molecule has 0 saturated carbocycles. The summed E-state index contributed by atoms with van der Waals surface area (Å²) in [5.74, 6) is 0.472. The number of hydrogen-bond donors (Lipinski definition) is 1. The van der Waals surface area contributed by atoms with Crippen molar-refractivity contribution in [2.45, 2.75) is 20.4 Å². The summed E-state index contributed by atoms with van der Waals surface area (Å²) in [6.45, 7) is 4.24. The summed E-state index contributed by atoms with van der Waals surface area (Å²) in [6.07, 6.45) is 0. The summed E-state index contributed by atoms with van der Waals surface area (Å²) >= 11 is 3.26. The van der Waals surface area contributed by atoms with Crippen LogP contribution in [-0.2, 0) is 6.54 Å². The van der Waals surface area contributed by atoms with Crippen LogP contribution in [0.15, 0.2) is 40.9 Å². The van der Waals surface area contributed by atoms with Crippen molar-refractivity contribution in [2.75, 3.05) is 5.32 Å². The van der Waals surface area contributed by atoms with Gasteiger partial charge in [0.05, 0.1) is 5.69 Å². The highest BCUT2D eigenvalue weighted by molar-refractivity contribution is 9.10. The SMILES string of the molecule is Cc1ccc(NCc2ccc(Br)cc2F)cc1-n1nnnc1C. The Morgan fingerprint density at radius 3 is 2.70 bits per heavy atom. The van der Waals surface area contributed by atoms with Crippen molar-refractivity contribution in [1.82, 2.24) is 20.2 Å². The number of rotatable bonds is 4. The van der Waals surface area contributed by atoms with Gasteiger partial charge in [-0.2, -0.15) is 4.68 Å². The van der Waals surface area contributed by atoms with Gasteiger partial charge >= 0.3 is 0 Å². The summed E-state index contributed by atoms with van der Waals surface area (Å²) in [7, 11) is 0. The van der Waals surface area contributed by atoms with Gasteiger partial charge in [0.25, 0.3) is 0 Å². The molecule has 0 bridgehead atoms. The standard InChI is InChI=1S/C16H15BrFN5/c1-10-3-6-14(8-16(10)23-11(2)20-21-22-23)19-9-12-4-5-13(17)7-15(12)18/h3-8,19H,9H2,1-2H3. The predicted octanol–water partition coefficient (Wildman–Crippen LogP) is 3.79. The van der Waals surface area contributed by atoms with E-state index >= 15 is 0 Å². The molecular formula is C16H15BrFN5. The highest BCUT2D eigenvalue weighted by Gasteiger charge is 2.08. The molecule has 0 unspecified atom stereocenters. The Balaban J connectivity index is 1.83. The van der Waals surface area contributed by atoms with Gasteiger partial charge < -0.3 is 5.32 Å². The van der Waals surface area contributed by atoms with Crippen molar-refractivity contribution in [3.05, 3.63) is 63.6 Å². The van der Waals surface area contributed by atoms with Crippen molar-refractivity contribution >= 4 is 21.6 Å². The Morgan fingerprint density at radius 2 is 2.00 bits per heavy atom. The zero-order valence-electron chi connectivity index (χ0n) is 12.7. The molecule has 0 aliphatic carbocycles. The zero-order chi connectivity index (χ0) is 16.4. The third-order valence-electron chi connectivity index (χ3n) is 3.56. The van der Waals surface area contributed by atoms with Gasteiger partial charge in [0, 0.05) is 22.3 Å². The zero-order valence-corrected chi connectivity index (χ0v) is 14.3. The number of anilines is 1. The van der Waals surface area contributed by atoms with Gasteiger partial charge in [-0.15, -0.1) is 5.10 Å². The normalized spacial score (nSPS) is 10.8. The number of nitrogens with one attached hydrogen (secondary N) is 1. The maximum absolute atomic E-state index is 13.9. The molecule has 23 heavy (non-hydrogen) atoms. The monoisotopic (exact) mass is 375 g/mol. The van der Waals surface area contributed by atoms with Crippen molar-refractivity contribution in [3.63, 3.8) is 0 Å². The molecule has 0 saturated heterocycles. The first-order valence-electron chi connectivity index (χ1n) is 7.08. The van der Waals surface area contributed by atoms with E-state index in [9.17, 15) is 4.39 Å². The molecule has 118 valence electrons. The second-order valence-electron chi connectivity index (χ2n) is 5.23. The maximum atomic E-state index is 13.9. The van der Waals surface area contributed by atoms with Crippen LogP contribution in [0.2, 0.25) is 0 Å². The lowest BCUT2D eigenvalue weighted by Gasteiger charge is -2.12. The van der Waals surface area contributed by atoms with E-state index in [-0.39, 0.29) is 5.82 Å². The molecule has 0 radical (unpaired) electrons. The van der Waals surface area contributed by atoms with Crippen LogP contribution in [-0.4, -0.2) is 20.2 Å². The highest BCUT2D eigenvalue weighted by atomic mass is 79.9. The topological polar surface area (TPSA) is 55.6 Å². The number of hydrogen-bond acceptors (Lipinski definition) is 4. The van der Waals surface area contributed by atoms with Crippen LogP contribution >= 0.6 is 15.9 Å². The highest BCUT2D eigenvalue weighted by Crippen LogP contribution is 2.21. The lowest BCUT2D eigenvalue weighted by atomic mass is 10.1. The summed E-state index contributed by atoms with van der Waals surface area (Å²) in [4.78, 5) is 0. The average molecular weight is 376 g/mol. The fourth-order valence-electron chi connectivity index (χ4n) is 2.26. The number of aryl methyl sites for hydroxylation is 2. The van der Waals surface area contributed by atoms with Crippen LogP contribution < -0.4 is 5.32 Å². The summed E-state index contributed by atoms with van der Waals surface area (Å²) in [6, 6.07) is 10.9.